The SMILES string of the molecule is CCC(C)NC(=O)C(Cc1ccccc1)N(Cc1cccc(C)c1)C(=O)CN(c1ccc(OCc2ccccc2)cc1)S(C)(=O)=O. The van der Waals surface area contributed by atoms with Gasteiger partial charge in [-0.1, -0.05) is 97.4 Å². The number of aryl methyl sites for hydroxylation is 1. The van der Waals surface area contributed by atoms with Gasteiger partial charge in [0.05, 0.1) is 11.9 Å². The van der Waals surface area contributed by atoms with Gasteiger partial charge in [-0.2, -0.15) is 0 Å². The molecule has 4 aromatic carbocycles. The molecule has 1 N–H and O–H groups in total. The molecule has 0 bridgehead atoms. The number of rotatable bonds is 15. The van der Waals surface area contributed by atoms with Crippen molar-refractivity contribution in [3.05, 3.63) is 131 Å². The van der Waals surface area contributed by atoms with Gasteiger partial charge in [0.1, 0.15) is 24.9 Å². The van der Waals surface area contributed by atoms with Crippen LogP contribution in [0, 0.1) is 6.92 Å². The summed E-state index contributed by atoms with van der Waals surface area (Å²) in [6, 6.07) is 32.6. The monoisotopic (exact) mass is 641 g/mol. The Labute approximate surface area is 273 Å². The van der Waals surface area contributed by atoms with Crippen molar-refractivity contribution in [2.75, 3.05) is 17.1 Å². The molecular formula is C37H43N3O5S. The maximum absolute atomic E-state index is 14.3. The van der Waals surface area contributed by atoms with E-state index in [1.54, 1.807) is 24.3 Å². The Bertz CT molecular complexity index is 1680. The average molecular weight is 642 g/mol. The quantitative estimate of drug-likeness (QED) is 0.175. The molecule has 0 saturated carbocycles. The second-order valence-electron chi connectivity index (χ2n) is 11.6. The van der Waals surface area contributed by atoms with Crippen molar-refractivity contribution in [2.45, 2.75) is 58.8 Å². The van der Waals surface area contributed by atoms with Gasteiger partial charge in [0.2, 0.25) is 21.8 Å². The van der Waals surface area contributed by atoms with Crippen LogP contribution in [0.1, 0.15) is 42.5 Å². The highest BCUT2D eigenvalue weighted by molar-refractivity contribution is 7.92. The van der Waals surface area contributed by atoms with Gasteiger partial charge < -0.3 is 15.0 Å². The molecule has 0 fully saturated rings. The van der Waals surface area contributed by atoms with E-state index in [0.29, 0.717) is 18.0 Å². The van der Waals surface area contributed by atoms with E-state index in [4.69, 9.17) is 4.74 Å². The van der Waals surface area contributed by atoms with Crippen LogP contribution in [-0.2, 0) is 39.2 Å². The summed E-state index contributed by atoms with van der Waals surface area (Å²) < 4.78 is 33.2. The number of nitrogens with zero attached hydrogens (tertiary/aromatic N) is 2. The first kappa shape index (κ1) is 34.2. The molecule has 46 heavy (non-hydrogen) atoms. The molecule has 8 nitrogen and oxygen atoms in total. The summed E-state index contributed by atoms with van der Waals surface area (Å²) in [7, 11) is -3.88. The Morgan fingerprint density at radius 2 is 1.43 bits per heavy atom. The molecule has 2 atom stereocenters. The predicted molar refractivity (Wildman–Crippen MR) is 183 cm³/mol. The third-order valence-corrected chi connectivity index (χ3v) is 8.90. The number of hydrogen-bond acceptors (Lipinski definition) is 5. The van der Waals surface area contributed by atoms with Crippen LogP contribution in [0.3, 0.4) is 0 Å². The first-order valence-electron chi connectivity index (χ1n) is 15.5. The fourth-order valence-electron chi connectivity index (χ4n) is 5.07. The lowest BCUT2D eigenvalue weighted by molar-refractivity contribution is -0.140. The van der Waals surface area contributed by atoms with Crippen molar-refractivity contribution in [1.82, 2.24) is 10.2 Å². The standard InChI is InChI=1S/C37H43N3O5S/c1-5-29(3)38-37(42)35(24-30-14-8-6-9-15-30)39(25-32-18-12-13-28(2)23-32)36(41)26-40(46(4,43)44)33-19-21-34(22-20-33)45-27-31-16-10-7-11-17-31/h6-23,29,35H,5,24-27H2,1-4H3,(H,38,42). The van der Waals surface area contributed by atoms with Crippen molar-refractivity contribution in [2.24, 2.45) is 0 Å². The molecule has 4 aromatic rings. The van der Waals surface area contributed by atoms with E-state index >= 15 is 0 Å². The number of hydrogen-bond donors (Lipinski definition) is 1. The molecule has 4 rings (SSSR count). The summed E-state index contributed by atoms with van der Waals surface area (Å²) in [4.78, 5) is 29.6. The largest absolute Gasteiger partial charge is 0.489 e. The molecule has 0 aliphatic carbocycles. The average Bonchev–Trinajstić information content (AvgIpc) is 3.05. The lowest BCUT2D eigenvalue weighted by atomic mass is 10.0. The Morgan fingerprint density at radius 3 is 2.02 bits per heavy atom. The van der Waals surface area contributed by atoms with Gasteiger partial charge in [0, 0.05) is 19.0 Å². The summed E-state index contributed by atoms with van der Waals surface area (Å²) in [5, 5.41) is 3.05. The number of amides is 2. The zero-order valence-corrected chi connectivity index (χ0v) is 27.7. The van der Waals surface area contributed by atoms with Crippen LogP contribution < -0.4 is 14.4 Å². The van der Waals surface area contributed by atoms with E-state index in [1.807, 2.05) is 106 Å². The van der Waals surface area contributed by atoms with Gasteiger partial charge in [-0.3, -0.25) is 13.9 Å². The lowest BCUT2D eigenvalue weighted by Gasteiger charge is -2.34. The van der Waals surface area contributed by atoms with Crippen LogP contribution in [-0.4, -0.2) is 50.0 Å². The second-order valence-corrected chi connectivity index (χ2v) is 13.5. The smallest absolute Gasteiger partial charge is 0.244 e. The van der Waals surface area contributed by atoms with Crippen LogP contribution >= 0.6 is 0 Å². The van der Waals surface area contributed by atoms with Gasteiger partial charge in [0.25, 0.3) is 0 Å². The fraction of sp³-hybridized carbons (Fsp3) is 0.297. The maximum Gasteiger partial charge on any atom is 0.244 e. The number of ether oxygens (including phenoxy) is 1. The summed E-state index contributed by atoms with van der Waals surface area (Å²) in [6.07, 6.45) is 2.07. The Balaban J connectivity index is 1.65. The number of anilines is 1. The van der Waals surface area contributed by atoms with E-state index in [2.05, 4.69) is 5.32 Å². The summed E-state index contributed by atoms with van der Waals surface area (Å²) in [6.45, 7) is 5.89. The molecule has 0 aromatic heterocycles. The molecule has 0 spiro atoms. The maximum atomic E-state index is 14.3. The van der Waals surface area contributed by atoms with Gasteiger partial charge in [0.15, 0.2) is 0 Å². The molecule has 0 aliphatic heterocycles. The molecule has 0 heterocycles. The summed E-state index contributed by atoms with van der Waals surface area (Å²) in [5.74, 6) is -0.209. The number of sulfonamides is 1. The van der Waals surface area contributed by atoms with E-state index in [1.165, 1.54) is 4.90 Å². The molecule has 0 saturated heterocycles. The highest BCUT2D eigenvalue weighted by Crippen LogP contribution is 2.24. The second kappa shape index (κ2) is 16.1. The van der Waals surface area contributed by atoms with Crippen LogP contribution in [0.25, 0.3) is 0 Å². The number of carbonyl (C=O) groups excluding carboxylic acids is 2. The van der Waals surface area contributed by atoms with E-state index < -0.39 is 28.5 Å². The minimum atomic E-state index is -3.88. The van der Waals surface area contributed by atoms with Crippen LogP contribution in [0.15, 0.2) is 109 Å². The normalized spacial score (nSPS) is 12.5. The predicted octanol–water partition coefficient (Wildman–Crippen LogP) is 5.89. The van der Waals surface area contributed by atoms with E-state index in [-0.39, 0.29) is 24.9 Å². The van der Waals surface area contributed by atoms with E-state index in [0.717, 1.165) is 39.2 Å². The minimum Gasteiger partial charge on any atom is -0.489 e. The number of carbonyl (C=O) groups is 2. The lowest BCUT2D eigenvalue weighted by Crippen LogP contribution is -2.54. The first-order valence-corrected chi connectivity index (χ1v) is 17.3. The first-order chi connectivity index (χ1) is 22.0. The van der Waals surface area contributed by atoms with Crippen molar-refractivity contribution in [3.63, 3.8) is 0 Å². The molecule has 0 radical (unpaired) electrons. The Morgan fingerprint density at radius 1 is 0.826 bits per heavy atom. The van der Waals surface area contributed by atoms with Crippen molar-refractivity contribution < 1.29 is 22.7 Å². The van der Waals surface area contributed by atoms with E-state index in [9.17, 15) is 18.0 Å². The molecule has 2 amide bonds. The minimum absolute atomic E-state index is 0.100. The van der Waals surface area contributed by atoms with Crippen molar-refractivity contribution in [3.8, 4) is 5.75 Å². The zero-order valence-electron chi connectivity index (χ0n) is 26.9. The molecular weight excluding hydrogens is 598 g/mol. The van der Waals surface area contributed by atoms with Gasteiger partial charge in [-0.05, 0) is 61.2 Å². The zero-order chi connectivity index (χ0) is 33.1. The van der Waals surface area contributed by atoms with Crippen molar-refractivity contribution >= 4 is 27.5 Å². The molecule has 0 aliphatic rings. The highest BCUT2D eigenvalue weighted by atomic mass is 32.2. The summed E-state index contributed by atoms with van der Waals surface area (Å²) >= 11 is 0. The Kier molecular flexibility index (Phi) is 12.0. The third-order valence-electron chi connectivity index (χ3n) is 7.76. The van der Waals surface area contributed by atoms with Crippen LogP contribution in [0.2, 0.25) is 0 Å². The Hall–Kier alpha value is -4.63. The summed E-state index contributed by atoms with van der Waals surface area (Å²) in [5.41, 5.74) is 4.07. The van der Waals surface area contributed by atoms with Crippen LogP contribution in [0.5, 0.6) is 5.75 Å². The number of benzene rings is 4. The van der Waals surface area contributed by atoms with Gasteiger partial charge >= 0.3 is 0 Å². The number of nitrogens with one attached hydrogen (secondary N) is 1. The topological polar surface area (TPSA) is 96.0 Å². The third kappa shape index (κ3) is 9.94. The molecule has 2 unspecified atom stereocenters. The fourth-order valence-corrected chi connectivity index (χ4v) is 5.92. The molecule has 9 heteroatoms. The molecule has 242 valence electrons. The van der Waals surface area contributed by atoms with Gasteiger partial charge in [-0.25, -0.2) is 8.42 Å². The van der Waals surface area contributed by atoms with Crippen molar-refractivity contribution in [1.29, 1.82) is 0 Å². The van der Waals surface area contributed by atoms with Crippen LogP contribution in [0.4, 0.5) is 5.69 Å². The highest BCUT2D eigenvalue weighted by Gasteiger charge is 2.33. The van der Waals surface area contributed by atoms with Gasteiger partial charge in [-0.15, -0.1) is 0 Å².